The second kappa shape index (κ2) is 9.13. The number of hydrazone groups is 1. The number of nitrogens with two attached hydrogens (primary N) is 1. The van der Waals surface area contributed by atoms with Crippen molar-refractivity contribution in [1.29, 1.82) is 0 Å². The highest BCUT2D eigenvalue weighted by atomic mass is 16.6. The highest BCUT2D eigenvalue weighted by Crippen LogP contribution is 2.18. The summed E-state index contributed by atoms with van der Waals surface area (Å²) in [5.41, 5.74) is 9.70. The van der Waals surface area contributed by atoms with E-state index in [2.05, 4.69) is 40.7 Å². The van der Waals surface area contributed by atoms with Crippen LogP contribution >= 0.6 is 0 Å². The predicted molar refractivity (Wildman–Crippen MR) is 108 cm³/mol. The Hall–Kier alpha value is -3.80. The number of aromatic hydroxyl groups is 1. The minimum atomic E-state index is -0.570. The van der Waals surface area contributed by atoms with Crippen molar-refractivity contribution in [1.82, 2.24) is 35.6 Å². The van der Waals surface area contributed by atoms with Crippen molar-refractivity contribution in [2.45, 2.75) is 27.3 Å². The molecule has 158 valence electrons. The summed E-state index contributed by atoms with van der Waals surface area (Å²) in [6, 6.07) is 6.69. The molecule has 30 heavy (non-hydrogen) atoms. The van der Waals surface area contributed by atoms with Gasteiger partial charge in [0.1, 0.15) is 11.4 Å². The zero-order valence-corrected chi connectivity index (χ0v) is 16.9. The third-order valence-corrected chi connectivity index (χ3v) is 4.54. The zero-order chi connectivity index (χ0) is 21.7. The lowest BCUT2D eigenvalue weighted by atomic mass is 10.1. The van der Waals surface area contributed by atoms with E-state index in [1.54, 1.807) is 25.1 Å². The summed E-state index contributed by atoms with van der Waals surface area (Å²) in [6.45, 7) is 7.61. The van der Waals surface area contributed by atoms with Gasteiger partial charge in [-0.1, -0.05) is 31.2 Å². The quantitative estimate of drug-likeness (QED) is 0.360. The van der Waals surface area contributed by atoms with E-state index in [0.717, 1.165) is 13.1 Å². The SMILES string of the molecule is CCN(CC)Cc1nnn(-c2nonc2N)c1C(=O)N/N=C(\C)c1ccccc1O. The van der Waals surface area contributed by atoms with Crippen molar-refractivity contribution < 1.29 is 14.5 Å². The molecule has 4 N–H and O–H groups in total. The van der Waals surface area contributed by atoms with Gasteiger partial charge in [0.25, 0.3) is 5.91 Å². The number of carbonyl (C=O) groups is 1. The Morgan fingerprint density at radius 2 is 2.03 bits per heavy atom. The first-order valence-corrected chi connectivity index (χ1v) is 9.34. The van der Waals surface area contributed by atoms with E-state index in [4.69, 9.17) is 5.73 Å². The van der Waals surface area contributed by atoms with Crippen LogP contribution in [0.5, 0.6) is 5.75 Å². The largest absolute Gasteiger partial charge is 0.507 e. The number of benzene rings is 1. The lowest BCUT2D eigenvalue weighted by Crippen LogP contribution is -2.27. The Kier molecular flexibility index (Phi) is 6.37. The van der Waals surface area contributed by atoms with E-state index in [0.29, 0.717) is 23.5 Å². The average Bonchev–Trinajstić information content (AvgIpc) is 3.35. The summed E-state index contributed by atoms with van der Waals surface area (Å²) in [7, 11) is 0. The van der Waals surface area contributed by atoms with Crippen molar-refractivity contribution in [3.05, 3.63) is 41.2 Å². The number of phenols is 1. The smallest absolute Gasteiger partial charge is 0.292 e. The number of phenolic OH excluding ortho intramolecular Hbond substituents is 1. The molecule has 0 unspecified atom stereocenters. The van der Waals surface area contributed by atoms with Crippen molar-refractivity contribution >= 4 is 17.4 Å². The van der Waals surface area contributed by atoms with Crippen LogP contribution in [0, 0.1) is 0 Å². The summed E-state index contributed by atoms with van der Waals surface area (Å²) < 4.78 is 5.80. The molecule has 0 fully saturated rings. The van der Waals surface area contributed by atoms with E-state index >= 15 is 0 Å². The predicted octanol–water partition coefficient (Wildman–Crippen LogP) is 0.934. The number of amides is 1. The minimum Gasteiger partial charge on any atom is -0.507 e. The number of hydrogen-bond acceptors (Lipinski definition) is 10. The molecule has 3 aromatic rings. The summed E-state index contributed by atoms with van der Waals surface area (Å²) in [6.07, 6.45) is 0. The maximum absolute atomic E-state index is 13.0. The molecule has 0 aliphatic rings. The molecular weight excluding hydrogens is 390 g/mol. The zero-order valence-electron chi connectivity index (χ0n) is 16.9. The molecule has 0 radical (unpaired) electrons. The van der Waals surface area contributed by atoms with E-state index in [-0.39, 0.29) is 23.1 Å². The van der Waals surface area contributed by atoms with Gasteiger partial charge < -0.3 is 10.8 Å². The molecule has 12 nitrogen and oxygen atoms in total. The van der Waals surface area contributed by atoms with E-state index in [1.807, 2.05) is 13.8 Å². The van der Waals surface area contributed by atoms with Gasteiger partial charge in [0, 0.05) is 12.1 Å². The van der Waals surface area contributed by atoms with E-state index < -0.39 is 5.91 Å². The molecule has 0 aliphatic carbocycles. The Bertz CT molecular complexity index is 1050. The lowest BCUT2D eigenvalue weighted by molar-refractivity contribution is 0.0944. The van der Waals surface area contributed by atoms with Gasteiger partial charge in [0.05, 0.1) is 5.71 Å². The third-order valence-electron chi connectivity index (χ3n) is 4.54. The molecule has 0 saturated heterocycles. The van der Waals surface area contributed by atoms with Crippen LogP contribution in [0.3, 0.4) is 0 Å². The number of nitrogen functional groups attached to an aromatic ring is 1. The number of para-hydroxylation sites is 1. The van der Waals surface area contributed by atoms with E-state index in [9.17, 15) is 9.90 Å². The fraction of sp³-hybridized carbons (Fsp3) is 0.333. The molecule has 0 saturated carbocycles. The molecule has 0 atom stereocenters. The Morgan fingerprint density at radius 3 is 2.67 bits per heavy atom. The number of anilines is 1. The van der Waals surface area contributed by atoms with Crippen LogP contribution in [0.4, 0.5) is 5.82 Å². The van der Waals surface area contributed by atoms with Gasteiger partial charge in [-0.05, 0) is 42.5 Å². The summed E-state index contributed by atoms with van der Waals surface area (Å²) in [5.74, 6) is -0.486. The molecule has 1 amide bonds. The average molecular weight is 413 g/mol. The second-order valence-corrected chi connectivity index (χ2v) is 6.39. The fourth-order valence-electron chi connectivity index (χ4n) is 2.82. The van der Waals surface area contributed by atoms with Crippen molar-refractivity contribution in [2.24, 2.45) is 5.10 Å². The third kappa shape index (κ3) is 4.27. The van der Waals surface area contributed by atoms with Crippen LogP contribution in [-0.4, -0.2) is 60.0 Å². The van der Waals surface area contributed by atoms with Crippen molar-refractivity contribution in [3.63, 3.8) is 0 Å². The number of aromatic nitrogens is 5. The molecule has 1 aromatic carbocycles. The monoisotopic (exact) mass is 413 g/mol. The van der Waals surface area contributed by atoms with Crippen molar-refractivity contribution in [2.75, 3.05) is 18.8 Å². The summed E-state index contributed by atoms with van der Waals surface area (Å²) >= 11 is 0. The maximum Gasteiger partial charge on any atom is 0.292 e. The Morgan fingerprint density at radius 1 is 1.30 bits per heavy atom. The van der Waals surface area contributed by atoms with Gasteiger partial charge >= 0.3 is 0 Å². The molecule has 2 aromatic heterocycles. The van der Waals surface area contributed by atoms with Crippen LogP contribution in [0.25, 0.3) is 5.82 Å². The first kappa shape index (κ1) is 20.9. The van der Waals surface area contributed by atoms with Gasteiger partial charge in [-0.2, -0.15) is 9.78 Å². The summed E-state index contributed by atoms with van der Waals surface area (Å²) in [4.78, 5) is 15.1. The van der Waals surface area contributed by atoms with Gasteiger partial charge in [-0.15, -0.1) is 5.10 Å². The molecule has 0 spiro atoms. The van der Waals surface area contributed by atoms with Gasteiger partial charge in [0.15, 0.2) is 5.69 Å². The van der Waals surface area contributed by atoms with Crippen LogP contribution < -0.4 is 11.2 Å². The molecule has 0 aliphatic heterocycles. The highest BCUT2D eigenvalue weighted by Gasteiger charge is 2.26. The van der Waals surface area contributed by atoms with Crippen LogP contribution in [0.1, 0.15) is 42.5 Å². The second-order valence-electron chi connectivity index (χ2n) is 6.39. The first-order valence-electron chi connectivity index (χ1n) is 9.34. The van der Waals surface area contributed by atoms with Gasteiger partial charge in [0.2, 0.25) is 11.6 Å². The standard InChI is InChI=1S/C18H23N9O3/c1-4-26(5-2)10-13-15(27(25-21-13)17-16(19)23-30-24-17)18(29)22-20-11(3)12-8-6-7-9-14(12)28/h6-9,28H,4-5,10H2,1-3H3,(H2,19,23)(H,22,29)/b20-11+. The first-order chi connectivity index (χ1) is 14.5. The van der Waals surface area contributed by atoms with Crippen LogP contribution in [0.15, 0.2) is 34.0 Å². The Labute approximate surface area is 172 Å². The van der Waals surface area contributed by atoms with Gasteiger partial charge in [-0.25, -0.2) is 10.1 Å². The van der Waals surface area contributed by atoms with E-state index in [1.165, 1.54) is 10.7 Å². The fourth-order valence-corrected chi connectivity index (χ4v) is 2.82. The molecule has 3 rings (SSSR count). The topological polar surface area (TPSA) is 161 Å². The summed E-state index contributed by atoms with van der Waals surface area (Å²) in [5, 5.41) is 29.4. The number of nitrogens with one attached hydrogen (secondary N) is 1. The molecule has 2 heterocycles. The number of nitrogens with zero attached hydrogens (tertiary/aromatic N) is 7. The molecule has 0 bridgehead atoms. The number of carbonyl (C=O) groups excluding carboxylic acids is 1. The van der Waals surface area contributed by atoms with Gasteiger partial charge in [-0.3, -0.25) is 9.69 Å². The van der Waals surface area contributed by atoms with Crippen molar-refractivity contribution in [3.8, 4) is 11.6 Å². The lowest BCUT2D eigenvalue weighted by Gasteiger charge is -2.16. The molecular formula is C18H23N9O3. The normalized spacial score (nSPS) is 11.8. The van der Waals surface area contributed by atoms with Crippen LogP contribution in [-0.2, 0) is 6.54 Å². The molecule has 12 heteroatoms. The highest BCUT2D eigenvalue weighted by molar-refractivity contribution is 6.02. The Balaban J connectivity index is 1.94. The number of rotatable bonds is 8. The minimum absolute atomic E-state index is 0.0303. The number of hydrogen-bond donors (Lipinski definition) is 3. The maximum atomic E-state index is 13.0. The van der Waals surface area contributed by atoms with Crippen LogP contribution in [0.2, 0.25) is 0 Å².